The summed E-state index contributed by atoms with van der Waals surface area (Å²) in [5, 5.41) is 9.05. The molecule has 0 spiro atoms. The molecule has 114 valence electrons. The number of aliphatic carboxylic acids is 1. The zero-order valence-corrected chi connectivity index (χ0v) is 11.9. The van der Waals surface area contributed by atoms with E-state index >= 15 is 0 Å². The summed E-state index contributed by atoms with van der Waals surface area (Å²) in [6.45, 7) is 1.84. The van der Waals surface area contributed by atoms with Gasteiger partial charge < -0.3 is 10.0 Å². The summed E-state index contributed by atoms with van der Waals surface area (Å²) in [6.07, 6.45) is 1.68. The number of carboxylic acids is 1. The zero-order valence-electron chi connectivity index (χ0n) is 11.9. The smallest absolute Gasteiger partial charge is 0.331 e. The maximum atomic E-state index is 12.2. The Labute approximate surface area is 120 Å². The molecule has 0 aliphatic carbocycles. The van der Waals surface area contributed by atoms with Gasteiger partial charge in [0.15, 0.2) is 0 Å². The van der Waals surface area contributed by atoms with Crippen molar-refractivity contribution >= 4 is 11.9 Å². The van der Waals surface area contributed by atoms with Gasteiger partial charge in [-0.3, -0.25) is 23.5 Å². The first kappa shape index (κ1) is 15.0. The molecule has 1 fully saturated rings. The summed E-state index contributed by atoms with van der Waals surface area (Å²) in [6, 6.07) is 0.806. The van der Waals surface area contributed by atoms with Gasteiger partial charge in [-0.2, -0.15) is 0 Å². The van der Waals surface area contributed by atoms with Crippen molar-refractivity contribution in [2.24, 2.45) is 13.0 Å². The van der Waals surface area contributed by atoms with Gasteiger partial charge in [-0.25, -0.2) is 4.79 Å². The predicted molar refractivity (Wildman–Crippen MR) is 72.9 cm³/mol. The fourth-order valence-corrected chi connectivity index (χ4v) is 2.59. The van der Waals surface area contributed by atoms with Gasteiger partial charge in [-0.05, 0) is 13.3 Å². The van der Waals surface area contributed by atoms with Crippen LogP contribution in [0.4, 0.5) is 0 Å². The molecule has 21 heavy (non-hydrogen) atoms. The topological polar surface area (TPSA) is 102 Å². The lowest BCUT2D eigenvalue weighted by Crippen LogP contribution is -2.43. The summed E-state index contributed by atoms with van der Waals surface area (Å²) >= 11 is 0. The van der Waals surface area contributed by atoms with Gasteiger partial charge in [-0.15, -0.1) is 0 Å². The van der Waals surface area contributed by atoms with Gasteiger partial charge in [0.2, 0.25) is 5.91 Å². The molecular formula is C13H17N3O5. The van der Waals surface area contributed by atoms with Crippen LogP contribution in [-0.2, 0) is 23.2 Å². The number of likely N-dealkylation sites (tertiary alicyclic amines) is 1. The SMILES string of the molecule is CC1C(C(=O)O)CCN1C(=O)Cn1ccc(=O)n(C)c1=O. The molecule has 1 N–H and O–H groups in total. The number of carbonyl (C=O) groups is 2. The largest absolute Gasteiger partial charge is 0.481 e. The molecule has 8 nitrogen and oxygen atoms in total. The molecule has 0 bridgehead atoms. The lowest BCUT2D eigenvalue weighted by atomic mass is 10.0. The molecule has 1 aliphatic rings. The van der Waals surface area contributed by atoms with Gasteiger partial charge in [0.05, 0.1) is 5.92 Å². The summed E-state index contributed by atoms with van der Waals surface area (Å²) in [4.78, 5) is 47.9. The summed E-state index contributed by atoms with van der Waals surface area (Å²) in [7, 11) is 1.34. The van der Waals surface area contributed by atoms with Crippen LogP contribution in [0.1, 0.15) is 13.3 Å². The molecule has 1 aromatic heterocycles. The van der Waals surface area contributed by atoms with Crippen LogP contribution in [0.2, 0.25) is 0 Å². The predicted octanol–water partition coefficient (Wildman–Crippen LogP) is -1.13. The van der Waals surface area contributed by atoms with Crippen molar-refractivity contribution in [3.63, 3.8) is 0 Å². The highest BCUT2D eigenvalue weighted by Gasteiger charge is 2.37. The highest BCUT2D eigenvalue weighted by atomic mass is 16.4. The van der Waals surface area contributed by atoms with Crippen LogP contribution in [0.25, 0.3) is 0 Å². The number of rotatable bonds is 3. The normalized spacial score (nSPS) is 21.5. The van der Waals surface area contributed by atoms with E-state index in [1.165, 1.54) is 24.2 Å². The van der Waals surface area contributed by atoms with Crippen LogP contribution in [0.5, 0.6) is 0 Å². The van der Waals surface area contributed by atoms with Gasteiger partial charge in [0.1, 0.15) is 6.54 Å². The second kappa shape index (κ2) is 5.55. The number of amides is 1. The van der Waals surface area contributed by atoms with Gasteiger partial charge >= 0.3 is 11.7 Å². The van der Waals surface area contributed by atoms with Crippen LogP contribution >= 0.6 is 0 Å². The number of carbonyl (C=O) groups excluding carboxylic acids is 1. The summed E-state index contributed by atoms with van der Waals surface area (Å²) in [5.41, 5.74) is -1.01. The number of aromatic nitrogens is 2. The lowest BCUT2D eigenvalue weighted by Gasteiger charge is -2.23. The minimum atomic E-state index is -0.919. The van der Waals surface area contributed by atoms with E-state index in [0.29, 0.717) is 13.0 Å². The maximum absolute atomic E-state index is 12.2. The third-order valence-electron chi connectivity index (χ3n) is 3.96. The quantitative estimate of drug-likeness (QED) is 0.760. The second-order valence-electron chi connectivity index (χ2n) is 5.18. The van der Waals surface area contributed by atoms with Crippen LogP contribution in [0, 0.1) is 5.92 Å². The van der Waals surface area contributed by atoms with Crippen molar-refractivity contribution < 1.29 is 14.7 Å². The Balaban J connectivity index is 2.17. The molecule has 2 unspecified atom stereocenters. The lowest BCUT2D eigenvalue weighted by molar-refractivity contribution is -0.143. The maximum Gasteiger partial charge on any atom is 0.331 e. The van der Waals surface area contributed by atoms with Crippen molar-refractivity contribution in [1.82, 2.24) is 14.0 Å². The van der Waals surface area contributed by atoms with Crippen LogP contribution in [-0.4, -0.2) is 43.6 Å². The average molecular weight is 295 g/mol. The molecule has 1 aliphatic heterocycles. The van der Waals surface area contributed by atoms with E-state index in [1.54, 1.807) is 6.92 Å². The molecule has 1 aromatic rings. The first-order valence-electron chi connectivity index (χ1n) is 6.61. The molecule has 1 amide bonds. The fourth-order valence-electron chi connectivity index (χ4n) is 2.59. The van der Waals surface area contributed by atoms with E-state index in [1.807, 2.05) is 0 Å². The van der Waals surface area contributed by atoms with Crippen molar-refractivity contribution in [3.05, 3.63) is 33.1 Å². The molecule has 8 heteroatoms. The first-order valence-corrected chi connectivity index (χ1v) is 6.61. The standard InChI is InChI=1S/C13H17N3O5/c1-8-9(12(19)20)3-6-16(8)11(18)7-15-5-4-10(17)14(2)13(15)21/h4-5,8-9H,3,6-7H2,1-2H3,(H,19,20). The number of carboxylic acid groups (broad SMARTS) is 1. The van der Waals surface area contributed by atoms with E-state index in [9.17, 15) is 19.2 Å². The Morgan fingerprint density at radius 2 is 2.05 bits per heavy atom. The zero-order chi connectivity index (χ0) is 15.7. The molecular weight excluding hydrogens is 278 g/mol. The van der Waals surface area contributed by atoms with E-state index in [0.717, 1.165) is 9.13 Å². The van der Waals surface area contributed by atoms with E-state index < -0.39 is 29.2 Å². The molecule has 0 saturated carbocycles. The Bertz CT molecular complexity index is 690. The van der Waals surface area contributed by atoms with Gasteiger partial charge in [0, 0.05) is 31.9 Å². The fraction of sp³-hybridized carbons (Fsp3) is 0.538. The Kier molecular flexibility index (Phi) is 3.97. The minimum Gasteiger partial charge on any atom is -0.481 e. The molecule has 2 atom stereocenters. The van der Waals surface area contributed by atoms with Crippen molar-refractivity contribution in [2.75, 3.05) is 6.54 Å². The first-order chi connectivity index (χ1) is 9.82. The van der Waals surface area contributed by atoms with E-state index in [2.05, 4.69) is 0 Å². The molecule has 2 rings (SSSR count). The average Bonchev–Trinajstić information content (AvgIpc) is 2.81. The molecule has 0 aromatic carbocycles. The molecule has 0 radical (unpaired) electrons. The van der Waals surface area contributed by atoms with Crippen LogP contribution in [0.15, 0.2) is 21.9 Å². The summed E-state index contributed by atoms with van der Waals surface area (Å²) in [5.74, 6) is -1.82. The van der Waals surface area contributed by atoms with Gasteiger partial charge in [-0.1, -0.05) is 0 Å². The molecule has 1 saturated heterocycles. The highest BCUT2D eigenvalue weighted by Crippen LogP contribution is 2.24. The van der Waals surface area contributed by atoms with E-state index in [-0.39, 0.29) is 12.5 Å². The third-order valence-corrected chi connectivity index (χ3v) is 3.96. The number of nitrogens with zero attached hydrogens (tertiary/aromatic N) is 3. The van der Waals surface area contributed by atoms with Crippen LogP contribution in [0.3, 0.4) is 0 Å². The Morgan fingerprint density at radius 3 is 2.62 bits per heavy atom. The van der Waals surface area contributed by atoms with Crippen molar-refractivity contribution in [2.45, 2.75) is 25.9 Å². The second-order valence-corrected chi connectivity index (χ2v) is 5.18. The Hall–Kier alpha value is -2.38. The monoisotopic (exact) mass is 295 g/mol. The highest BCUT2D eigenvalue weighted by molar-refractivity contribution is 5.79. The van der Waals surface area contributed by atoms with Crippen molar-refractivity contribution in [3.8, 4) is 0 Å². The molecule has 2 heterocycles. The van der Waals surface area contributed by atoms with Crippen molar-refractivity contribution in [1.29, 1.82) is 0 Å². The Morgan fingerprint density at radius 1 is 1.38 bits per heavy atom. The van der Waals surface area contributed by atoms with E-state index in [4.69, 9.17) is 5.11 Å². The number of hydrogen-bond acceptors (Lipinski definition) is 4. The van der Waals surface area contributed by atoms with Gasteiger partial charge in [0.25, 0.3) is 5.56 Å². The summed E-state index contributed by atoms with van der Waals surface area (Å²) < 4.78 is 2.06. The minimum absolute atomic E-state index is 0.205. The number of hydrogen-bond donors (Lipinski definition) is 1. The third kappa shape index (κ3) is 2.74. The van der Waals surface area contributed by atoms with Crippen LogP contribution < -0.4 is 11.2 Å².